The number of imide groups is 1. The fourth-order valence-electron chi connectivity index (χ4n) is 4.68. The van der Waals surface area contributed by atoms with Gasteiger partial charge in [-0.25, -0.2) is 14.5 Å². The van der Waals surface area contributed by atoms with Crippen LogP contribution < -0.4 is 10.6 Å². The smallest absolute Gasteiger partial charge is 0.407 e. The van der Waals surface area contributed by atoms with E-state index in [1.165, 1.54) is 0 Å². The third-order valence-corrected chi connectivity index (χ3v) is 6.19. The standard InChI is InChI=1S/C21H34N4O5/c1-14(25-17(27)21(23-18(25)28)10-6-7-11-21)16(26)24-12-8-5-9-15(24)13-22-19(29)30-20(2,3)4/h14-15H,5-13H2,1-4H3,(H,22,29)(H,23,28). The summed E-state index contributed by atoms with van der Waals surface area (Å²) in [6.45, 7) is 7.80. The zero-order valence-electron chi connectivity index (χ0n) is 18.5. The van der Waals surface area contributed by atoms with Crippen molar-refractivity contribution in [2.75, 3.05) is 13.1 Å². The molecular formula is C21H34N4O5. The number of likely N-dealkylation sites (tertiary alicyclic amines) is 1. The molecule has 0 bridgehead atoms. The molecule has 0 aromatic heterocycles. The summed E-state index contributed by atoms with van der Waals surface area (Å²) in [6, 6.07) is -1.55. The third kappa shape index (κ3) is 4.54. The van der Waals surface area contributed by atoms with Crippen LogP contribution in [0.25, 0.3) is 0 Å². The van der Waals surface area contributed by atoms with Gasteiger partial charge in [-0.1, -0.05) is 12.8 Å². The summed E-state index contributed by atoms with van der Waals surface area (Å²) < 4.78 is 5.28. The summed E-state index contributed by atoms with van der Waals surface area (Å²) in [4.78, 5) is 53.6. The number of alkyl carbamates (subject to hydrolysis) is 1. The van der Waals surface area contributed by atoms with Crippen LogP contribution in [0.2, 0.25) is 0 Å². The minimum atomic E-state index is -0.875. The van der Waals surface area contributed by atoms with Crippen molar-refractivity contribution < 1.29 is 23.9 Å². The highest BCUT2D eigenvalue weighted by Crippen LogP contribution is 2.36. The highest BCUT2D eigenvalue weighted by molar-refractivity contribution is 6.10. The van der Waals surface area contributed by atoms with Gasteiger partial charge in [-0.2, -0.15) is 0 Å². The van der Waals surface area contributed by atoms with Crippen LogP contribution in [0.15, 0.2) is 0 Å². The number of rotatable bonds is 4. The molecule has 0 aromatic rings. The number of amides is 5. The van der Waals surface area contributed by atoms with E-state index in [1.807, 2.05) is 0 Å². The lowest BCUT2D eigenvalue weighted by molar-refractivity contribution is -0.145. The largest absolute Gasteiger partial charge is 0.444 e. The van der Waals surface area contributed by atoms with Gasteiger partial charge in [-0.3, -0.25) is 9.59 Å². The van der Waals surface area contributed by atoms with Crippen LogP contribution in [0.5, 0.6) is 0 Å². The van der Waals surface area contributed by atoms with Crippen molar-refractivity contribution in [1.29, 1.82) is 0 Å². The highest BCUT2D eigenvalue weighted by atomic mass is 16.6. The molecular weight excluding hydrogens is 388 g/mol. The zero-order valence-corrected chi connectivity index (χ0v) is 18.5. The van der Waals surface area contributed by atoms with Gasteiger partial charge in [0.15, 0.2) is 0 Å². The summed E-state index contributed by atoms with van der Waals surface area (Å²) in [5.74, 6) is -0.546. The van der Waals surface area contributed by atoms with E-state index < -0.39 is 29.3 Å². The van der Waals surface area contributed by atoms with Crippen LogP contribution in [0, 0.1) is 0 Å². The lowest BCUT2D eigenvalue weighted by atomic mass is 9.97. The molecule has 3 aliphatic rings. The van der Waals surface area contributed by atoms with E-state index in [4.69, 9.17) is 4.74 Å². The molecule has 168 valence electrons. The van der Waals surface area contributed by atoms with Gasteiger partial charge in [-0.15, -0.1) is 0 Å². The molecule has 2 unspecified atom stereocenters. The van der Waals surface area contributed by atoms with Gasteiger partial charge in [0.2, 0.25) is 5.91 Å². The first kappa shape index (κ1) is 22.4. The SMILES string of the molecule is CC(C(=O)N1CCCCC1CNC(=O)OC(C)(C)C)N1C(=O)NC2(CCCC2)C1=O. The van der Waals surface area contributed by atoms with Gasteiger partial charge in [-0.05, 0) is 59.8 Å². The van der Waals surface area contributed by atoms with Gasteiger partial charge in [0.25, 0.3) is 5.91 Å². The molecule has 2 heterocycles. The Morgan fingerprint density at radius 1 is 1.20 bits per heavy atom. The monoisotopic (exact) mass is 422 g/mol. The summed E-state index contributed by atoms with van der Waals surface area (Å²) in [6.07, 6.45) is 5.07. The van der Waals surface area contributed by atoms with Crippen molar-refractivity contribution in [3.63, 3.8) is 0 Å². The molecule has 2 aliphatic heterocycles. The van der Waals surface area contributed by atoms with Gasteiger partial charge >= 0.3 is 12.1 Å². The average Bonchev–Trinajstić information content (AvgIpc) is 3.23. The predicted octanol–water partition coefficient (Wildman–Crippen LogP) is 2.15. The first-order chi connectivity index (χ1) is 14.0. The minimum Gasteiger partial charge on any atom is -0.444 e. The zero-order chi connectivity index (χ0) is 22.1. The third-order valence-electron chi connectivity index (χ3n) is 6.19. The van der Waals surface area contributed by atoms with Crippen LogP contribution in [-0.2, 0) is 14.3 Å². The number of hydrogen-bond donors (Lipinski definition) is 2. The fourth-order valence-corrected chi connectivity index (χ4v) is 4.68. The molecule has 30 heavy (non-hydrogen) atoms. The number of nitrogens with one attached hydrogen (secondary N) is 2. The van der Waals surface area contributed by atoms with Crippen molar-refractivity contribution in [3.8, 4) is 0 Å². The molecule has 9 nitrogen and oxygen atoms in total. The van der Waals surface area contributed by atoms with E-state index in [0.717, 1.165) is 37.0 Å². The Morgan fingerprint density at radius 3 is 2.50 bits per heavy atom. The Morgan fingerprint density at radius 2 is 1.87 bits per heavy atom. The number of nitrogens with zero attached hydrogens (tertiary/aromatic N) is 2. The summed E-state index contributed by atoms with van der Waals surface area (Å²) in [7, 11) is 0. The van der Waals surface area contributed by atoms with Crippen molar-refractivity contribution in [2.45, 2.75) is 95.9 Å². The molecule has 9 heteroatoms. The molecule has 1 aliphatic carbocycles. The Bertz CT molecular complexity index is 711. The van der Waals surface area contributed by atoms with Crippen molar-refractivity contribution in [1.82, 2.24) is 20.4 Å². The summed E-state index contributed by atoms with van der Waals surface area (Å²) in [5.41, 5.74) is -1.43. The van der Waals surface area contributed by atoms with Crippen LogP contribution in [0.4, 0.5) is 9.59 Å². The Kier molecular flexibility index (Phi) is 6.29. The first-order valence-electron chi connectivity index (χ1n) is 11.0. The van der Waals surface area contributed by atoms with Gasteiger partial charge in [0.1, 0.15) is 17.2 Å². The lowest BCUT2D eigenvalue weighted by Gasteiger charge is -2.38. The maximum absolute atomic E-state index is 13.3. The molecule has 2 saturated heterocycles. The van der Waals surface area contributed by atoms with Crippen molar-refractivity contribution in [3.05, 3.63) is 0 Å². The molecule has 1 saturated carbocycles. The van der Waals surface area contributed by atoms with E-state index in [1.54, 1.807) is 32.6 Å². The van der Waals surface area contributed by atoms with E-state index in [0.29, 0.717) is 19.4 Å². The molecule has 2 N–H and O–H groups in total. The quantitative estimate of drug-likeness (QED) is 0.675. The maximum atomic E-state index is 13.3. The van der Waals surface area contributed by atoms with E-state index in [2.05, 4.69) is 10.6 Å². The second-order valence-electron chi connectivity index (χ2n) is 9.63. The van der Waals surface area contributed by atoms with Crippen LogP contribution in [-0.4, -0.2) is 70.1 Å². The van der Waals surface area contributed by atoms with Crippen LogP contribution in [0.3, 0.4) is 0 Å². The second-order valence-corrected chi connectivity index (χ2v) is 9.63. The molecule has 3 fully saturated rings. The van der Waals surface area contributed by atoms with Crippen LogP contribution >= 0.6 is 0 Å². The lowest BCUT2D eigenvalue weighted by Crippen LogP contribution is -2.56. The average molecular weight is 423 g/mol. The first-order valence-corrected chi connectivity index (χ1v) is 11.0. The van der Waals surface area contributed by atoms with Crippen LogP contribution in [0.1, 0.15) is 72.6 Å². The van der Waals surface area contributed by atoms with Gasteiger partial charge in [0.05, 0.1) is 0 Å². The predicted molar refractivity (Wildman–Crippen MR) is 110 cm³/mol. The number of piperidine rings is 1. The Balaban J connectivity index is 1.65. The fraction of sp³-hybridized carbons (Fsp3) is 0.810. The number of carbonyl (C=O) groups excluding carboxylic acids is 4. The number of hydrogen-bond acceptors (Lipinski definition) is 5. The molecule has 1 spiro atoms. The number of urea groups is 1. The molecule has 5 amide bonds. The van der Waals surface area contributed by atoms with E-state index >= 15 is 0 Å². The molecule has 2 atom stereocenters. The van der Waals surface area contributed by atoms with E-state index in [9.17, 15) is 19.2 Å². The van der Waals surface area contributed by atoms with E-state index in [-0.39, 0.29) is 24.4 Å². The number of carbonyl (C=O) groups is 4. The second kappa shape index (κ2) is 8.43. The summed E-state index contributed by atoms with van der Waals surface area (Å²) >= 11 is 0. The van der Waals surface area contributed by atoms with Gasteiger partial charge < -0.3 is 20.3 Å². The summed E-state index contributed by atoms with van der Waals surface area (Å²) in [5, 5.41) is 5.58. The van der Waals surface area contributed by atoms with Crippen molar-refractivity contribution >= 4 is 23.9 Å². The Hall–Kier alpha value is -2.32. The molecule has 0 radical (unpaired) electrons. The topological polar surface area (TPSA) is 108 Å². The number of ether oxygens (including phenoxy) is 1. The van der Waals surface area contributed by atoms with Gasteiger partial charge in [0, 0.05) is 19.1 Å². The normalized spacial score (nSPS) is 24.7. The Labute approximate surface area is 177 Å². The maximum Gasteiger partial charge on any atom is 0.407 e. The highest BCUT2D eigenvalue weighted by Gasteiger charge is 2.55. The minimum absolute atomic E-state index is 0.192. The molecule has 0 aromatic carbocycles. The molecule has 3 rings (SSSR count). The van der Waals surface area contributed by atoms with Crippen molar-refractivity contribution in [2.24, 2.45) is 0 Å².